The van der Waals surface area contributed by atoms with Gasteiger partial charge in [-0.2, -0.15) is 28.8 Å². The van der Waals surface area contributed by atoms with Gasteiger partial charge in [0.15, 0.2) is 18.4 Å². The van der Waals surface area contributed by atoms with E-state index in [0.29, 0.717) is 0 Å². The van der Waals surface area contributed by atoms with Gasteiger partial charge in [-0.1, -0.05) is 36.4 Å². The van der Waals surface area contributed by atoms with Crippen molar-refractivity contribution in [2.24, 2.45) is 0 Å². The van der Waals surface area contributed by atoms with Gasteiger partial charge in [0.05, 0.1) is 14.7 Å². The lowest BCUT2D eigenvalue weighted by molar-refractivity contribution is -0.193. The van der Waals surface area contributed by atoms with E-state index < -0.39 is 12.4 Å². The Morgan fingerprint density at radius 2 is 1.15 bits per heavy atom. The number of hydrogen-bond donors (Lipinski definition) is 0. The third kappa shape index (κ3) is 18.2. The molecule has 4 heterocycles. The van der Waals surface area contributed by atoms with Crippen LogP contribution in [0.3, 0.4) is 0 Å². The molecule has 4 aromatic heterocycles. The Bertz CT molecular complexity index is 2480. The number of carbonyl (C=O) groups is 1. The van der Waals surface area contributed by atoms with Gasteiger partial charge in [-0.3, -0.25) is 13.8 Å². The monoisotopic (exact) mass is 891 g/mol. The van der Waals surface area contributed by atoms with Gasteiger partial charge in [-0.15, -0.1) is 0 Å². The van der Waals surface area contributed by atoms with Crippen molar-refractivity contribution in [3.63, 3.8) is 0 Å². The molecule has 0 amide bonds. The minimum atomic E-state index is -3.22. The molecule has 0 radical (unpaired) electrons. The highest BCUT2D eigenvalue weighted by Gasteiger charge is 2.12. The van der Waals surface area contributed by atoms with Gasteiger partial charge in [0.2, 0.25) is 0 Å². The molecule has 7 aromatic rings. The molecule has 3 aromatic carbocycles. The molecule has 0 N–H and O–H groups in total. The lowest BCUT2D eigenvalue weighted by atomic mass is 10.1. The van der Waals surface area contributed by atoms with Crippen LogP contribution in [0.15, 0.2) is 96.3 Å². The third-order valence-electron chi connectivity index (χ3n) is 7.88. The lowest BCUT2D eigenvalue weighted by Gasteiger charge is -2.00. The van der Waals surface area contributed by atoms with Crippen LogP contribution >= 0.6 is 38.9 Å². The molecule has 314 valence electrons. The van der Waals surface area contributed by atoms with Gasteiger partial charge >= 0.3 is 23.7 Å². The number of hydrogen-bond acceptors (Lipinski definition) is 10. The lowest BCUT2D eigenvalue weighted by Crippen LogP contribution is -1.90. The molecule has 0 aliphatic rings. The molecule has 18 heteroatoms. The van der Waals surface area contributed by atoms with Crippen molar-refractivity contribution in [2.45, 2.75) is 61.2 Å². The molecule has 59 heavy (non-hydrogen) atoms. The normalized spacial score (nSPS) is 9.69. The summed E-state index contributed by atoms with van der Waals surface area (Å²) in [6, 6.07) is 21.4. The SMILES string of the molecule is CCn1cc(-c2cnco2)c2ccc(C)cc21.CCn1cc(C=O)c2ccc(C)cc21.CCn1ccc2ccc(C)cc21.O=C=O.O=C=O.O=C=O.O=P(Cl)(Cl)Cl.[2H]CF. The fraction of sp³-hybridized carbons (Fsp3) is 0.244. The molecule has 13 nitrogen and oxygen atoms in total. The summed E-state index contributed by atoms with van der Waals surface area (Å²) in [6.07, 6.45) is 11.1. The van der Waals surface area contributed by atoms with Crippen LogP contribution in [-0.4, -0.2) is 50.6 Å². The zero-order chi connectivity index (χ0) is 45.8. The summed E-state index contributed by atoms with van der Waals surface area (Å²) in [7, 11) is -1.00. The fourth-order valence-electron chi connectivity index (χ4n) is 5.56. The Morgan fingerprint density at radius 3 is 1.59 bits per heavy atom. The third-order valence-corrected chi connectivity index (χ3v) is 7.88. The highest BCUT2D eigenvalue weighted by molar-refractivity contribution is 8.24. The van der Waals surface area contributed by atoms with Crippen LogP contribution in [0.1, 0.15) is 49.2 Å². The van der Waals surface area contributed by atoms with Gasteiger partial charge < -0.3 is 18.1 Å². The minimum absolute atomic E-state index is 0.250. The topological polar surface area (TPSA) is 177 Å². The molecular weight excluding hydrogens is 849 g/mol. The van der Waals surface area contributed by atoms with E-state index in [2.05, 4.69) is 155 Å². The number of benzene rings is 3. The summed E-state index contributed by atoms with van der Waals surface area (Å²) in [5.41, 5.74) is 9.46. The Kier molecular flexibility index (Phi) is 25.0. The Hall–Kier alpha value is -5.67. The standard InChI is InChI=1S/C14H14N2O.C12H13NO.C11H13N.CH3F.3CO2.Cl3OP/c1-3-16-8-12(14-7-15-9-17-14)11-5-4-10(2)6-13(11)16;1-3-13-7-10(8-14)11-5-4-9(2)6-12(11)13;1-3-12-7-6-10-5-4-9(2)8-11(10)12;1-2;3*2-1-3;1-5(2,3)4/h4-9H,3H2,1-2H3;4-8H,3H2,1-2H3;4-8H,3H2,1-2H3;1H3;;;;/i;;;1D;;;;. The van der Waals surface area contributed by atoms with Crippen LogP contribution in [-0.2, 0) is 53.0 Å². The zero-order valence-corrected chi connectivity index (χ0v) is 36.2. The fourth-order valence-corrected chi connectivity index (χ4v) is 5.56. The second kappa shape index (κ2) is 28.7. The van der Waals surface area contributed by atoms with Crippen molar-refractivity contribution in [1.29, 1.82) is 0 Å². The van der Waals surface area contributed by atoms with Crippen molar-refractivity contribution in [1.82, 2.24) is 18.7 Å². The summed E-state index contributed by atoms with van der Waals surface area (Å²) in [4.78, 5) is 63.6. The van der Waals surface area contributed by atoms with Crippen LogP contribution in [0.25, 0.3) is 44.0 Å². The van der Waals surface area contributed by atoms with E-state index in [-0.39, 0.29) is 18.5 Å². The second-order valence-corrected chi connectivity index (χ2v) is 18.2. The van der Waals surface area contributed by atoms with Crippen molar-refractivity contribution < 1.29 is 48.3 Å². The minimum Gasteiger partial charge on any atom is -0.443 e. The van der Waals surface area contributed by atoms with E-state index in [4.69, 9.17) is 34.6 Å². The number of aldehydes is 1. The van der Waals surface area contributed by atoms with E-state index in [9.17, 15) is 13.8 Å². The van der Waals surface area contributed by atoms with Gasteiger partial charge in [-0.25, -0.2) is 4.98 Å². The molecule has 0 unspecified atom stereocenters. The molecule has 0 atom stereocenters. The molecule has 0 saturated heterocycles. The predicted octanol–water partition coefficient (Wildman–Crippen LogP) is 11.0. The summed E-state index contributed by atoms with van der Waals surface area (Å²) in [5, 5.41) is 0.379. The maximum absolute atomic E-state index is 10.8. The van der Waals surface area contributed by atoms with Crippen molar-refractivity contribution >= 4 is 96.4 Å². The van der Waals surface area contributed by atoms with Gasteiger partial charge in [0.1, 0.15) is 0 Å². The Balaban J connectivity index is 0.000000739. The number of carbonyl (C=O) groups excluding carboxylic acids is 7. The van der Waals surface area contributed by atoms with E-state index in [1.165, 1.54) is 44.9 Å². The van der Waals surface area contributed by atoms with Crippen molar-refractivity contribution in [3.8, 4) is 11.3 Å². The van der Waals surface area contributed by atoms with Crippen LogP contribution in [0, 0.1) is 20.8 Å². The first-order valence-corrected chi connectivity index (χ1v) is 21.6. The highest BCUT2D eigenvalue weighted by Crippen LogP contribution is 2.61. The Morgan fingerprint density at radius 1 is 0.729 bits per heavy atom. The largest absolute Gasteiger partial charge is 0.443 e. The van der Waals surface area contributed by atoms with Gasteiger partial charge in [-0.05, 0) is 122 Å². The van der Waals surface area contributed by atoms with Crippen molar-refractivity contribution in [3.05, 3.63) is 114 Å². The first-order valence-electron chi connectivity index (χ1n) is 17.8. The maximum Gasteiger partial charge on any atom is 0.373 e. The smallest absolute Gasteiger partial charge is 0.373 e. The van der Waals surface area contributed by atoms with Crippen LogP contribution in [0.5, 0.6) is 0 Å². The molecule has 7 rings (SSSR count). The van der Waals surface area contributed by atoms with Gasteiger partial charge in [0, 0.05) is 76.7 Å². The zero-order valence-electron chi connectivity index (χ0n) is 34.0. The molecule has 0 aliphatic heterocycles. The van der Waals surface area contributed by atoms with Crippen LogP contribution in [0.2, 0.25) is 0 Å². The molecule has 0 fully saturated rings. The number of fused-ring (bicyclic) bond motifs is 3. The van der Waals surface area contributed by atoms with Crippen LogP contribution in [0.4, 0.5) is 4.39 Å². The molecule has 0 saturated carbocycles. The number of halogens is 4. The molecule has 0 bridgehead atoms. The van der Waals surface area contributed by atoms with Crippen LogP contribution < -0.4 is 0 Å². The average molecular weight is 893 g/mol. The van der Waals surface area contributed by atoms with Crippen molar-refractivity contribution in [2.75, 3.05) is 7.15 Å². The number of aryl methyl sites for hydroxylation is 6. The summed E-state index contributed by atoms with van der Waals surface area (Å²) < 4.78 is 37.0. The second-order valence-electron chi connectivity index (χ2n) is 11.5. The Labute approximate surface area is 355 Å². The average Bonchev–Trinajstić information content (AvgIpc) is 4.01. The number of oxazole rings is 1. The first kappa shape index (κ1) is 51.3. The summed E-state index contributed by atoms with van der Waals surface area (Å²) in [5.74, 6) is 0.825. The number of nitrogens with zero attached hydrogens (tertiary/aromatic N) is 4. The quantitative estimate of drug-likeness (QED) is 0.119. The summed E-state index contributed by atoms with van der Waals surface area (Å²) >= 11 is 13.8. The number of rotatable bonds is 5. The molecule has 0 spiro atoms. The van der Waals surface area contributed by atoms with Gasteiger partial charge in [0.25, 0.3) is 0 Å². The first-order chi connectivity index (χ1) is 28.5. The summed E-state index contributed by atoms with van der Waals surface area (Å²) in [6.45, 7) is 15.6. The number of aromatic nitrogens is 4. The molecule has 0 aliphatic carbocycles. The van der Waals surface area contributed by atoms with E-state index in [1.54, 1.807) is 6.20 Å². The van der Waals surface area contributed by atoms with E-state index >= 15 is 0 Å². The maximum atomic E-state index is 10.8. The molecular formula is C41H43Cl3FN4O9P. The highest BCUT2D eigenvalue weighted by atomic mass is 36.0. The van der Waals surface area contributed by atoms with E-state index in [0.717, 1.165) is 53.7 Å². The van der Waals surface area contributed by atoms with E-state index in [1.807, 2.05) is 18.3 Å². The predicted molar refractivity (Wildman–Crippen MR) is 225 cm³/mol. The number of alkyl halides is 1.